The van der Waals surface area contributed by atoms with E-state index in [1.807, 2.05) is 0 Å². The fourth-order valence-electron chi connectivity index (χ4n) is 1.24. The van der Waals surface area contributed by atoms with E-state index in [0.29, 0.717) is 12.5 Å². The van der Waals surface area contributed by atoms with Gasteiger partial charge in [-0.1, -0.05) is 36.8 Å². The van der Waals surface area contributed by atoms with Gasteiger partial charge in [0.25, 0.3) is 0 Å². The van der Waals surface area contributed by atoms with Crippen molar-refractivity contribution >= 4 is 6.41 Å². The SMILES string of the molecule is Cc1ccc(C(C)CNC=O)cc1. The minimum absolute atomic E-state index is 0.380. The van der Waals surface area contributed by atoms with Gasteiger partial charge in [0.2, 0.25) is 6.41 Å². The molecule has 1 amide bonds. The molecule has 0 fully saturated rings. The summed E-state index contributed by atoms with van der Waals surface area (Å²) in [6, 6.07) is 8.39. The summed E-state index contributed by atoms with van der Waals surface area (Å²) in [6.07, 6.45) is 0.741. The normalized spacial score (nSPS) is 12.2. The largest absolute Gasteiger partial charge is 0.358 e. The Morgan fingerprint density at radius 3 is 2.54 bits per heavy atom. The quantitative estimate of drug-likeness (QED) is 0.699. The van der Waals surface area contributed by atoms with Gasteiger partial charge in [0, 0.05) is 6.54 Å². The summed E-state index contributed by atoms with van der Waals surface area (Å²) in [5.74, 6) is 0.380. The van der Waals surface area contributed by atoms with E-state index >= 15 is 0 Å². The minimum Gasteiger partial charge on any atom is -0.358 e. The Labute approximate surface area is 79.0 Å². The van der Waals surface area contributed by atoms with Crippen LogP contribution in [0.25, 0.3) is 0 Å². The number of carbonyl (C=O) groups excluding carboxylic acids is 1. The van der Waals surface area contributed by atoms with E-state index < -0.39 is 0 Å². The third kappa shape index (κ3) is 2.90. The smallest absolute Gasteiger partial charge is 0.207 e. The Morgan fingerprint density at radius 1 is 1.38 bits per heavy atom. The molecule has 0 spiro atoms. The summed E-state index contributed by atoms with van der Waals surface area (Å²) < 4.78 is 0. The third-order valence-electron chi connectivity index (χ3n) is 2.15. The molecule has 0 aliphatic heterocycles. The molecule has 0 radical (unpaired) electrons. The van der Waals surface area contributed by atoms with E-state index in [1.165, 1.54) is 11.1 Å². The molecule has 1 N–H and O–H groups in total. The maximum atomic E-state index is 10.1. The number of carbonyl (C=O) groups is 1. The fourth-order valence-corrected chi connectivity index (χ4v) is 1.24. The monoisotopic (exact) mass is 177 g/mol. The van der Waals surface area contributed by atoms with Gasteiger partial charge in [-0.15, -0.1) is 0 Å². The molecule has 1 unspecified atom stereocenters. The molecular formula is C11H15NO. The van der Waals surface area contributed by atoms with Crippen LogP contribution in [-0.4, -0.2) is 13.0 Å². The van der Waals surface area contributed by atoms with Crippen LogP contribution in [0.1, 0.15) is 24.0 Å². The number of rotatable bonds is 4. The van der Waals surface area contributed by atoms with Crippen molar-refractivity contribution in [3.8, 4) is 0 Å². The van der Waals surface area contributed by atoms with E-state index in [4.69, 9.17) is 0 Å². The molecule has 0 aromatic heterocycles. The van der Waals surface area contributed by atoms with Crippen LogP contribution in [0.3, 0.4) is 0 Å². The molecule has 1 aromatic rings. The van der Waals surface area contributed by atoms with Gasteiger partial charge in [0.1, 0.15) is 0 Å². The first kappa shape index (κ1) is 9.78. The zero-order valence-electron chi connectivity index (χ0n) is 8.08. The molecule has 1 rings (SSSR count). The van der Waals surface area contributed by atoms with Gasteiger partial charge in [-0.25, -0.2) is 0 Å². The maximum Gasteiger partial charge on any atom is 0.207 e. The molecule has 1 aromatic carbocycles. The highest BCUT2D eigenvalue weighted by Gasteiger charge is 2.03. The average Bonchev–Trinajstić information content (AvgIpc) is 2.15. The van der Waals surface area contributed by atoms with Crippen LogP contribution in [0.2, 0.25) is 0 Å². The van der Waals surface area contributed by atoms with Crippen molar-refractivity contribution in [3.05, 3.63) is 35.4 Å². The Bertz CT molecular complexity index is 266. The zero-order chi connectivity index (χ0) is 9.68. The van der Waals surface area contributed by atoms with Gasteiger partial charge in [0.05, 0.1) is 0 Å². The molecule has 2 nitrogen and oxygen atoms in total. The van der Waals surface area contributed by atoms with Gasteiger partial charge in [-0.3, -0.25) is 4.79 Å². The van der Waals surface area contributed by atoms with Crippen LogP contribution in [0.4, 0.5) is 0 Å². The van der Waals surface area contributed by atoms with Gasteiger partial charge >= 0.3 is 0 Å². The van der Waals surface area contributed by atoms with Crippen LogP contribution in [0, 0.1) is 6.92 Å². The molecule has 0 aliphatic rings. The maximum absolute atomic E-state index is 10.1. The second kappa shape index (κ2) is 4.65. The van der Waals surface area contributed by atoms with Gasteiger partial charge in [-0.2, -0.15) is 0 Å². The van der Waals surface area contributed by atoms with Crippen LogP contribution in [0.5, 0.6) is 0 Å². The molecule has 0 aliphatic carbocycles. The Kier molecular flexibility index (Phi) is 3.50. The van der Waals surface area contributed by atoms with Gasteiger partial charge in [-0.05, 0) is 18.4 Å². The number of hydrogen-bond acceptors (Lipinski definition) is 1. The molecule has 2 heteroatoms. The number of amides is 1. The Morgan fingerprint density at radius 2 is 2.00 bits per heavy atom. The van der Waals surface area contributed by atoms with Gasteiger partial charge < -0.3 is 5.32 Å². The highest BCUT2D eigenvalue weighted by molar-refractivity contribution is 5.46. The summed E-state index contributed by atoms with van der Waals surface area (Å²) >= 11 is 0. The van der Waals surface area contributed by atoms with Gasteiger partial charge in [0.15, 0.2) is 0 Å². The molecule has 1 atom stereocenters. The molecular weight excluding hydrogens is 162 g/mol. The summed E-state index contributed by atoms with van der Waals surface area (Å²) in [5, 5.41) is 2.68. The summed E-state index contributed by atoms with van der Waals surface area (Å²) in [6.45, 7) is 4.87. The summed E-state index contributed by atoms with van der Waals surface area (Å²) in [5.41, 5.74) is 2.53. The molecule has 70 valence electrons. The first-order valence-corrected chi connectivity index (χ1v) is 4.47. The van der Waals surface area contributed by atoms with Crippen LogP contribution in [-0.2, 0) is 4.79 Å². The Hall–Kier alpha value is -1.31. The second-order valence-electron chi connectivity index (χ2n) is 3.34. The lowest BCUT2D eigenvalue weighted by Crippen LogP contribution is -2.17. The molecule has 0 saturated heterocycles. The van der Waals surface area contributed by atoms with E-state index in [1.54, 1.807) is 0 Å². The molecule has 0 heterocycles. The number of hydrogen-bond donors (Lipinski definition) is 1. The summed E-state index contributed by atoms with van der Waals surface area (Å²) in [4.78, 5) is 10.1. The highest BCUT2D eigenvalue weighted by Crippen LogP contribution is 2.14. The van der Waals surface area contributed by atoms with Crippen molar-refractivity contribution in [1.29, 1.82) is 0 Å². The van der Waals surface area contributed by atoms with Crippen molar-refractivity contribution in [3.63, 3.8) is 0 Å². The van der Waals surface area contributed by atoms with Crippen LogP contribution >= 0.6 is 0 Å². The first-order valence-electron chi connectivity index (χ1n) is 4.47. The fraction of sp³-hybridized carbons (Fsp3) is 0.364. The Balaban J connectivity index is 2.60. The van der Waals surface area contributed by atoms with Crippen molar-refractivity contribution in [2.75, 3.05) is 6.54 Å². The van der Waals surface area contributed by atoms with E-state index in [9.17, 15) is 4.79 Å². The molecule has 0 bridgehead atoms. The van der Waals surface area contributed by atoms with E-state index in [2.05, 4.69) is 43.4 Å². The van der Waals surface area contributed by atoms with Crippen LogP contribution in [0.15, 0.2) is 24.3 Å². The van der Waals surface area contributed by atoms with Crippen molar-refractivity contribution in [2.24, 2.45) is 0 Å². The predicted molar refractivity (Wildman–Crippen MR) is 53.7 cm³/mol. The number of aryl methyl sites for hydroxylation is 1. The number of nitrogens with one attached hydrogen (secondary N) is 1. The second-order valence-corrected chi connectivity index (χ2v) is 3.34. The average molecular weight is 177 g/mol. The standard InChI is InChI=1S/C11H15NO/c1-9-3-5-11(6-4-9)10(2)7-12-8-13/h3-6,8,10H,7H2,1-2H3,(H,12,13). The predicted octanol–water partition coefficient (Wildman–Crippen LogP) is 1.84. The zero-order valence-corrected chi connectivity index (χ0v) is 8.08. The summed E-state index contributed by atoms with van der Waals surface area (Å²) in [7, 11) is 0. The van der Waals surface area contributed by atoms with E-state index in [-0.39, 0.29) is 0 Å². The topological polar surface area (TPSA) is 29.1 Å². The molecule has 13 heavy (non-hydrogen) atoms. The van der Waals surface area contributed by atoms with E-state index in [0.717, 1.165) is 6.41 Å². The lowest BCUT2D eigenvalue weighted by molar-refractivity contribution is -0.109. The lowest BCUT2D eigenvalue weighted by Gasteiger charge is -2.10. The van der Waals surface area contributed by atoms with Crippen molar-refractivity contribution in [2.45, 2.75) is 19.8 Å². The van der Waals surface area contributed by atoms with Crippen molar-refractivity contribution < 1.29 is 4.79 Å². The lowest BCUT2D eigenvalue weighted by atomic mass is 10.0. The van der Waals surface area contributed by atoms with Crippen molar-refractivity contribution in [1.82, 2.24) is 5.32 Å². The minimum atomic E-state index is 0.380. The van der Waals surface area contributed by atoms with Crippen LogP contribution < -0.4 is 5.32 Å². The highest BCUT2D eigenvalue weighted by atomic mass is 16.1. The molecule has 0 saturated carbocycles. The first-order chi connectivity index (χ1) is 6.24. The third-order valence-corrected chi connectivity index (χ3v) is 2.15. The number of benzene rings is 1.